The van der Waals surface area contributed by atoms with Crippen LogP contribution in [0.15, 0.2) is 0 Å². The zero-order valence-corrected chi connectivity index (χ0v) is 8.78. The zero-order valence-electron chi connectivity index (χ0n) is 7.96. The van der Waals surface area contributed by atoms with Gasteiger partial charge in [0.25, 0.3) is 0 Å². The van der Waals surface area contributed by atoms with E-state index in [1.165, 1.54) is 37.4 Å². The predicted molar refractivity (Wildman–Crippen MR) is 56.6 cm³/mol. The molecule has 1 aliphatic heterocycles. The molecule has 0 aromatic heterocycles. The topological polar surface area (TPSA) is 29.3 Å². The molecule has 12 heavy (non-hydrogen) atoms. The molecule has 1 unspecified atom stereocenters. The van der Waals surface area contributed by atoms with Crippen molar-refractivity contribution in [1.29, 1.82) is 0 Å². The average molecular weight is 188 g/mol. The van der Waals surface area contributed by atoms with Gasteiger partial charge in [0, 0.05) is 24.9 Å². The number of thioether (sulfide) groups is 1. The van der Waals surface area contributed by atoms with Crippen molar-refractivity contribution < 1.29 is 0 Å². The third-order valence-electron chi connectivity index (χ3n) is 2.50. The number of likely N-dealkylation sites (tertiary alicyclic amines) is 1. The van der Waals surface area contributed by atoms with Gasteiger partial charge in [-0.1, -0.05) is 6.92 Å². The summed E-state index contributed by atoms with van der Waals surface area (Å²) in [4.78, 5) is 2.54. The second-order valence-electron chi connectivity index (χ2n) is 3.26. The van der Waals surface area contributed by atoms with Crippen molar-refractivity contribution in [2.24, 2.45) is 5.73 Å². The second-order valence-corrected chi connectivity index (χ2v) is 4.66. The Morgan fingerprint density at radius 3 is 3.08 bits per heavy atom. The van der Waals surface area contributed by atoms with Crippen LogP contribution in [0.25, 0.3) is 0 Å². The molecule has 72 valence electrons. The van der Waals surface area contributed by atoms with Crippen LogP contribution in [0.1, 0.15) is 19.8 Å². The van der Waals surface area contributed by atoms with Gasteiger partial charge in [0.1, 0.15) is 0 Å². The summed E-state index contributed by atoms with van der Waals surface area (Å²) < 4.78 is 0. The molecule has 0 aromatic rings. The van der Waals surface area contributed by atoms with Crippen molar-refractivity contribution in [2.75, 3.05) is 31.1 Å². The maximum Gasteiger partial charge on any atom is 0.0219 e. The van der Waals surface area contributed by atoms with Crippen LogP contribution in [-0.4, -0.2) is 42.1 Å². The summed E-state index contributed by atoms with van der Waals surface area (Å²) in [6, 6.07) is 0.683. The molecule has 0 amide bonds. The lowest BCUT2D eigenvalue weighted by atomic mass is 10.2. The predicted octanol–water partition coefficient (Wildman–Crippen LogP) is 1.16. The van der Waals surface area contributed by atoms with Crippen molar-refractivity contribution in [3.8, 4) is 0 Å². The first kappa shape index (κ1) is 10.4. The number of hydrogen-bond donors (Lipinski definition) is 1. The molecule has 2 nitrogen and oxygen atoms in total. The van der Waals surface area contributed by atoms with E-state index in [1.54, 1.807) is 0 Å². The molecule has 1 heterocycles. The Morgan fingerprint density at radius 1 is 1.58 bits per heavy atom. The van der Waals surface area contributed by atoms with Crippen LogP contribution >= 0.6 is 11.8 Å². The van der Waals surface area contributed by atoms with E-state index in [0.29, 0.717) is 6.04 Å². The molecule has 0 saturated carbocycles. The van der Waals surface area contributed by atoms with Crippen molar-refractivity contribution in [3.63, 3.8) is 0 Å². The average Bonchev–Trinajstić information content (AvgIpc) is 2.52. The van der Waals surface area contributed by atoms with E-state index < -0.39 is 0 Å². The highest BCUT2D eigenvalue weighted by molar-refractivity contribution is 7.99. The first-order chi connectivity index (χ1) is 5.88. The van der Waals surface area contributed by atoms with Gasteiger partial charge in [0.15, 0.2) is 0 Å². The molecule has 0 bridgehead atoms. The highest BCUT2D eigenvalue weighted by Gasteiger charge is 2.21. The smallest absolute Gasteiger partial charge is 0.0219 e. The quantitative estimate of drug-likeness (QED) is 0.657. The van der Waals surface area contributed by atoms with E-state index in [2.05, 4.69) is 11.8 Å². The van der Waals surface area contributed by atoms with E-state index in [0.717, 1.165) is 6.54 Å². The van der Waals surface area contributed by atoms with Crippen molar-refractivity contribution in [2.45, 2.75) is 25.8 Å². The number of hydrogen-bond acceptors (Lipinski definition) is 3. The Hall–Kier alpha value is 0.270. The number of rotatable bonds is 5. The Bertz CT molecular complexity index is 119. The van der Waals surface area contributed by atoms with Crippen LogP contribution in [0.5, 0.6) is 0 Å². The molecule has 1 fully saturated rings. The highest BCUT2D eigenvalue weighted by Crippen LogP contribution is 2.16. The minimum atomic E-state index is 0.683. The minimum Gasteiger partial charge on any atom is -0.329 e. The highest BCUT2D eigenvalue weighted by atomic mass is 32.2. The molecule has 0 aliphatic carbocycles. The van der Waals surface area contributed by atoms with Crippen molar-refractivity contribution in [1.82, 2.24) is 4.90 Å². The van der Waals surface area contributed by atoms with E-state index in [1.807, 2.05) is 11.8 Å². The van der Waals surface area contributed by atoms with Crippen molar-refractivity contribution in [3.05, 3.63) is 0 Å². The molecule has 1 rings (SSSR count). The fourth-order valence-corrected chi connectivity index (χ4v) is 2.43. The molecule has 0 spiro atoms. The molecular formula is C9H20N2S. The molecule has 0 radical (unpaired) electrons. The summed E-state index contributed by atoms with van der Waals surface area (Å²) >= 11 is 2.02. The minimum absolute atomic E-state index is 0.683. The molecule has 3 heteroatoms. The summed E-state index contributed by atoms with van der Waals surface area (Å²) in [5, 5.41) is 0. The van der Waals surface area contributed by atoms with Gasteiger partial charge < -0.3 is 5.73 Å². The molecule has 1 atom stereocenters. The summed E-state index contributed by atoms with van der Waals surface area (Å²) in [7, 11) is 0. The number of nitrogens with zero attached hydrogens (tertiary/aromatic N) is 1. The van der Waals surface area contributed by atoms with Crippen LogP contribution in [-0.2, 0) is 0 Å². The standard InChI is InChI=1S/C9H20N2S/c1-2-12-7-6-11-5-3-4-9(11)8-10/h9H,2-8,10H2,1H3. The summed E-state index contributed by atoms with van der Waals surface area (Å²) in [6.45, 7) is 5.57. The summed E-state index contributed by atoms with van der Waals surface area (Å²) in [5.74, 6) is 2.51. The van der Waals surface area contributed by atoms with Gasteiger partial charge in [-0.2, -0.15) is 11.8 Å². The molecule has 1 aliphatic rings. The maximum atomic E-state index is 5.68. The Kier molecular flexibility index (Phi) is 5.04. The van der Waals surface area contributed by atoms with Crippen molar-refractivity contribution >= 4 is 11.8 Å². The normalized spacial score (nSPS) is 25.0. The number of nitrogens with two attached hydrogens (primary N) is 1. The van der Waals surface area contributed by atoms with Gasteiger partial charge in [-0.15, -0.1) is 0 Å². The lowest BCUT2D eigenvalue weighted by Crippen LogP contribution is -2.36. The first-order valence-electron chi connectivity index (χ1n) is 4.90. The first-order valence-corrected chi connectivity index (χ1v) is 6.05. The van der Waals surface area contributed by atoms with Gasteiger partial charge in [-0.05, 0) is 25.1 Å². The Morgan fingerprint density at radius 2 is 2.42 bits per heavy atom. The maximum absolute atomic E-state index is 5.68. The van der Waals surface area contributed by atoms with E-state index in [-0.39, 0.29) is 0 Å². The van der Waals surface area contributed by atoms with Crippen LogP contribution in [0, 0.1) is 0 Å². The lowest BCUT2D eigenvalue weighted by molar-refractivity contribution is 0.275. The SMILES string of the molecule is CCSCCN1CCCC1CN. The Labute approximate surface area is 79.9 Å². The summed E-state index contributed by atoms with van der Waals surface area (Å²) in [5.41, 5.74) is 5.68. The Balaban J connectivity index is 2.12. The third-order valence-corrected chi connectivity index (χ3v) is 3.38. The van der Waals surface area contributed by atoms with E-state index in [9.17, 15) is 0 Å². The largest absolute Gasteiger partial charge is 0.329 e. The van der Waals surface area contributed by atoms with Gasteiger partial charge in [0.05, 0.1) is 0 Å². The third kappa shape index (κ3) is 2.96. The molecule has 1 saturated heterocycles. The van der Waals surface area contributed by atoms with Gasteiger partial charge in [0.2, 0.25) is 0 Å². The summed E-state index contributed by atoms with van der Waals surface area (Å²) in [6.07, 6.45) is 2.66. The van der Waals surface area contributed by atoms with E-state index >= 15 is 0 Å². The molecular weight excluding hydrogens is 168 g/mol. The van der Waals surface area contributed by atoms with Crippen LogP contribution in [0.2, 0.25) is 0 Å². The lowest BCUT2D eigenvalue weighted by Gasteiger charge is -2.22. The fourth-order valence-electron chi connectivity index (χ4n) is 1.78. The van der Waals surface area contributed by atoms with Gasteiger partial charge in [-0.25, -0.2) is 0 Å². The second kappa shape index (κ2) is 5.84. The monoisotopic (exact) mass is 188 g/mol. The van der Waals surface area contributed by atoms with Crippen LogP contribution < -0.4 is 5.73 Å². The van der Waals surface area contributed by atoms with Crippen LogP contribution in [0.4, 0.5) is 0 Å². The van der Waals surface area contributed by atoms with E-state index in [4.69, 9.17) is 5.73 Å². The van der Waals surface area contributed by atoms with Gasteiger partial charge in [-0.3, -0.25) is 4.90 Å². The molecule has 2 N–H and O–H groups in total. The zero-order chi connectivity index (χ0) is 8.81. The van der Waals surface area contributed by atoms with Gasteiger partial charge >= 0.3 is 0 Å². The molecule has 0 aromatic carbocycles. The van der Waals surface area contributed by atoms with Crippen LogP contribution in [0.3, 0.4) is 0 Å². The fraction of sp³-hybridized carbons (Fsp3) is 1.00.